The maximum Gasteiger partial charge on any atom is 0.416 e. The summed E-state index contributed by atoms with van der Waals surface area (Å²) in [5, 5.41) is 3.20. The van der Waals surface area contributed by atoms with Crippen molar-refractivity contribution in [1.29, 1.82) is 0 Å². The van der Waals surface area contributed by atoms with Crippen LogP contribution in [0, 0.1) is 11.8 Å². The molecule has 2 fully saturated rings. The van der Waals surface area contributed by atoms with Gasteiger partial charge in [-0.05, 0) is 43.1 Å². The van der Waals surface area contributed by atoms with E-state index in [0.717, 1.165) is 19.2 Å². The van der Waals surface area contributed by atoms with Crippen LogP contribution in [0.2, 0.25) is 0 Å². The molecule has 0 aromatic heterocycles. The molecule has 2 atom stereocenters. The Morgan fingerprint density at radius 3 is 2.22 bits per heavy atom. The van der Waals surface area contributed by atoms with Gasteiger partial charge in [0.2, 0.25) is 10.0 Å². The zero-order valence-electron chi connectivity index (χ0n) is 11.8. The highest BCUT2D eigenvalue weighted by molar-refractivity contribution is 9.10. The molecule has 130 valence electrons. The van der Waals surface area contributed by atoms with E-state index in [-0.39, 0.29) is 33.6 Å². The third-order valence-electron chi connectivity index (χ3n) is 4.19. The van der Waals surface area contributed by atoms with E-state index in [1.807, 2.05) is 0 Å². The molecule has 0 bridgehead atoms. The van der Waals surface area contributed by atoms with Crippen molar-refractivity contribution in [3.05, 3.63) is 28.2 Å². The molecule has 1 aromatic rings. The standard InChI is InChI=1S/C13H14BrF3N2O2S.ClH/c14-11-1-10(13(15,16)17)2-12(3-11)22(20,21)19-6-8-4-18-5-9(8)7-19;/h1-3,8-9,18H,4-7H2;1H/t8-,9+;. The molecule has 2 aliphatic rings. The van der Waals surface area contributed by atoms with Crippen LogP contribution < -0.4 is 5.32 Å². The van der Waals surface area contributed by atoms with Crippen molar-refractivity contribution in [2.24, 2.45) is 11.8 Å². The summed E-state index contributed by atoms with van der Waals surface area (Å²) in [5.74, 6) is 0.480. The minimum Gasteiger partial charge on any atom is -0.316 e. The average Bonchev–Trinajstić information content (AvgIpc) is 2.97. The second-order valence-corrected chi connectivity index (χ2v) is 8.53. The van der Waals surface area contributed by atoms with Crippen molar-refractivity contribution in [2.45, 2.75) is 11.1 Å². The smallest absolute Gasteiger partial charge is 0.316 e. The van der Waals surface area contributed by atoms with Crippen LogP contribution >= 0.6 is 28.3 Å². The predicted molar refractivity (Wildman–Crippen MR) is 85.0 cm³/mol. The molecule has 23 heavy (non-hydrogen) atoms. The molecule has 2 aliphatic heterocycles. The quantitative estimate of drug-likeness (QED) is 0.777. The number of nitrogens with zero attached hydrogens (tertiary/aromatic N) is 1. The van der Waals surface area contributed by atoms with Gasteiger partial charge >= 0.3 is 6.18 Å². The molecule has 0 spiro atoms. The van der Waals surface area contributed by atoms with Gasteiger partial charge in [0.15, 0.2) is 0 Å². The summed E-state index contributed by atoms with van der Waals surface area (Å²) in [6, 6.07) is 2.80. The summed E-state index contributed by atoms with van der Waals surface area (Å²) in [5.41, 5.74) is -0.971. The summed E-state index contributed by atoms with van der Waals surface area (Å²) < 4.78 is 65.2. The Morgan fingerprint density at radius 2 is 1.70 bits per heavy atom. The van der Waals surface area contributed by atoms with Crippen LogP contribution in [-0.2, 0) is 16.2 Å². The van der Waals surface area contributed by atoms with Crippen molar-refractivity contribution >= 4 is 38.4 Å². The first kappa shape index (κ1) is 19.0. The Labute approximate surface area is 147 Å². The lowest BCUT2D eigenvalue weighted by molar-refractivity contribution is -0.137. The number of hydrogen-bond acceptors (Lipinski definition) is 3. The minimum absolute atomic E-state index is 0. The Bertz CT molecular complexity index is 687. The van der Waals surface area contributed by atoms with Gasteiger partial charge < -0.3 is 5.32 Å². The third kappa shape index (κ3) is 3.68. The van der Waals surface area contributed by atoms with Crippen LogP contribution in [0.15, 0.2) is 27.6 Å². The highest BCUT2D eigenvalue weighted by Gasteiger charge is 2.42. The van der Waals surface area contributed by atoms with Gasteiger partial charge in [0.25, 0.3) is 0 Å². The predicted octanol–water partition coefficient (Wildman–Crippen LogP) is 2.73. The minimum atomic E-state index is -4.58. The van der Waals surface area contributed by atoms with Crippen LogP contribution in [0.5, 0.6) is 0 Å². The van der Waals surface area contributed by atoms with E-state index in [1.54, 1.807) is 0 Å². The van der Waals surface area contributed by atoms with Gasteiger partial charge in [-0.3, -0.25) is 0 Å². The second kappa shape index (κ2) is 6.51. The number of nitrogens with one attached hydrogen (secondary N) is 1. The van der Waals surface area contributed by atoms with Gasteiger partial charge in [0, 0.05) is 17.6 Å². The Morgan fingerprint density at radius 1 is 1.13 bits per heavy atom. The fourth-order valence-corrected chi connectivity index (χ4v) is 5.30. The molecular formula is C13H15BrClF3N2O2S. The van der Waals surface area contributed by atoms with Gasteiger partial charge in [-0.25, -0.2) is 8.42 Å². The number of rotatable bonds is 2. The Balaban J connectivity index is 0.00000192. The van der Waals surface area contributed by atoms with E-state index >= 15 is 0 Å². The first-order chi connectivity index (χ1) is 10.2. The SMILES string of the molecule is Cl.O=S(=O)(c1cc(Br)cc(C(F)(F)F)c1)N1C[C@H]2CNC[C@H]2C1. The molecule has 0 aliphatic carbocycles. The van der Waals surface area contributed by atoms with Crippen LogP contribution in [-0.4, -0.2) is 38.9 Å². The average molecular weight is 436 g/mol. The topological polar surface area (TPSA) is 49.4 Å². The number of alkyl halides is 3. The number of halogens is 5. The lowest BCUT2D eigenvalue weighted by atomic mass is 10.0. The maximum atomic E-state index is 12.9. The summed E-state index contributed by atoms with van der Waals surface area (Å²) in [6.45, 7) is 2.22. The van der Waals surface area contributed by atoms with E-state index in [2.05, 4.69) is 21.2 Å². The molecule has 2 saturated heterocycles. The second-order valence-electron chi connectivity index (χ2n) is 5.67. The largest absolute Gasteiger partial charge is 0.416 e. The molecular weight excluding hydrogens is 421 g/mol. The highest BCUT2D eigenvalue weighted by Crippen LogP contribution is 2.36. The molecule has 4 nitrogen and oxygen atoms in total. The maximum absolute atomic E-state index is 12.9. The Kier molecular flexibility index (Phi) is 5.37. The number of fused-ring (bicyclic) bond motifs is 1. The van der Waals surface area contributed by atoms with Crippen LogP contribution in [0.3, 0.4) is 0 Å². The summed E-state index contributed by atoms with van der Waals surface area (Å²) in [7, 11) is -3.91. The van der Waals surface area contributed by atoms with Crippen molar-refractivity contribution in [2.75, 3.05) is 26.2 Å². The number of benzene rings is 1. The summed E-state index contributed by atoms with van der Waals surface area (Å²) in [6.07, 6.45) is -4.58. The van der Waals surface area contributed by atoms with Gasteiger partial charge in [0.1, 0.15) is 0 Å². The normalized spacial score (nSPS) is 25.2. The van der Waals surface area contributed by atoms with Gasteiger partial charge in [-0.15, -0.1) is 12.4 Å². The highest BCUT2D eigenvalue weighted by atomic mass is 79.9. The number of sulfonamides is 1. The van der Waals surface area contributed by atoms with Crippen LogP contribution in [0.25, 0.3) is 0 Å². The van der Waals surface area contributed by atoms with Gasteiger partial charge in [-0.2, -0.15) is 17.5 Å². The zero-order valence-corrected chi connectivity index (χ0v) is 15.0. The van der Waals surface area contributed by atoms with Crippen LogP contribution in [0.4, 0.5) is 13.2 Å². The molecule has 10 heteroatoms. The van der Waals surface area contributed by atoms with Crippen molar-refractivity contribution in [3.8, 4) is 0 Å². The molecule has 0 unspecified atom stereocenters. The molecule has 0 amide bonds. The molecule has 3 rings (SSSR count). The molecule has 1 N–H and O–H groups in total. The van der Waals surface area contributed by atoms with E-state index in [9.17, 15) is 21.6 Å². The Hall–Kier alpha value is -0.350. The van der Waals surface area contributed by atoms with E-state index in [4.69, 9.17) is 0 Å². The fourth-order valence-electron chi connectivity index (χ4n) is 3.03. The van der Waals surface area contributed by atoms with Crippen molar-refractivity contribution in [1.82, 2.24) is 9.62 Å². The molecule has 1 aromatic carbocycles. The number of hydrogen-bond donors (Lipinski definition) is 1. The van der Waals surface area contributed by atoms with Gasteiger partial charge in [0.05, 0.1) is 10.5 Å². The van der Waals surface area contributed by atoms with Crippen molar-refractivity contribution < 1.29 is 21.6 Å². The fraction of sp³-hybridized carbons (Fsp3) is 0.538. The van der Waals surface area contributed by atoms with Crippen LogP contribution in [0.1, 0.15) is 5.56 Å². The summed E-state index contributed by atoms with van der Waals surface area (Å²) in [4.78, 5) is -0.317. The molecule has 0 radical (unpaired) electrons. The van der Waals surface area contributed by atoms with Gasteiger partial charge in [-0.1, -0.05) is 15.9 Å². The van der Waals surface area contributed by atoms with Crippen molar-refractivity contribution in [3.63, 3.8) is 0 Å². The lowest BCUT2D eigenvalue weighted by Gasteiger charge is -2.18. The monoisotopic (exact) mass is 434 g/mol. The molecule has 2 heterocycles. The lowest BCUT2D eigenvalue weighted by Crippen LogP contribution is -2.32. The molecule has 0 saturated carbocycles. The zero-order chi connectivity index (χ0) is 16.1. The third-order valence-corrected chi connectivity index (χ3v) is 6.46. The summed E-state index contributed by atoms with van der Waals surface area (Å²) >= 11 is 2.96. The first-order valence-electron chi connectivity index (χ1n) is 6.76. The first-order valence-corrected chi connectivity index (χ1v) is 9.00. The van der Waals surface area contributed by atoms with E-state index < -0.39 is 21.8 Å². The van der Waals surface area contributed by atoms with E-state index in [0.29, 0.717) is 19.2 Å². The van der Waals surface area contributed by atoms with E-state index in [1.165, 1.54) is 10.4 Å².